The second-order valence-corrected chi connectivity index (χ2v) is 15.1. The fourth-order valence-electron chi connectivity index (χ4n) is 3.44. The van der Waals surface area contributed by atoms with E-state index in [1.807, 2.05) is 6.07 Å². The Kier molecular flexibility index (Phi) is 4.81. The van der Waals surface area contributed by atoms with E-state index in [9.17, 15) is 9.90 Å². The van der Waals surface area contributed by atoms with Gasteiger partial charge in [-0.15, -0.1) is 0 Å². The van der Waals surface area contributed by atoms with Gasteiger partial charge in [-0.1, -0.05) is 41.5 Å². The maximum Gasteiger partial charge on any atom is 0.348 e. The molecule has 0 saturated carbocycles. The van der Waals surface area contributed by atoms with Gasteiger partial charge in [0.1, 0.15) is 11.5 Å². The monoisotopic (exact) mass is 378 g/mol. The number of aliphatic carboxylic acids is 1. The predicted octanol–water partition coefficient (Wildman–Crippen LogP) is 5.27. The first-order chi connectivity index (χ1) is 11.5. The lowest BCUT2D eigenvalue weighted by Crippen LogP contribution is -2.40. The number of benzene rings is 1. The summed E-state index contributed by atoms with van der Waals surface area (Å²) in [7, 11) is -1.87. The highest BCUT2D eigenvalue weighted by Gasteiger charge is 2.46. The molecule has 2 rings (SSSR count). The van der Waals surface area contributed by atoms with Gasteiger partial charge in [-0.2, -0.15) is 0 Å². The Hall–Kier alpha value is -1.49. The van der Waals surface area contributed by atoms with Crippen LogP contribution in [0.5, 0.6) is 11.5 Å². The largest absolute Gasteiger partial charge is 0.544 e. The molecule has 1 aliphatic heterocycles. The second-order valence-electron chi connectivity index (χ2n) is 10.6. The summed E-state index contributed by atoms with van der Waals surface area (Å²) in [6.07, 6.45) is 0.358. The number of fused-ring (bicyclic) bond motifs is 1. The third-order valence-corrected chi connectivity index (χ3v) is 5.43. The molecule has 26 heavy (non-hydrogen) atoms. The van der Waals surface area contributed by atoms with Crippen LogP contribution in [0.25, 0.3) is 0 Å². The zero-order valence-corrected chi connectivity index (χ0v) is 19.0. The van der Waals surface area contributed by atoms with Crippen LogP contribution in [0.1, 0.15) is 65.2 Å². The average Bonchev–Trinajstić information content (AvgIpc) is 2.70. The minimum absolute atomic E-state index is 0.143. The van der Waals surface area contributed by atoms with Crippen LogP contribution in [-0.4, -0.2) is 25.0 Å². The van der Waals surface area contributed by atoms with Gasteiger partial charge in [-0.05, 0) is 43.5 Å². The van der Waals surface area contributed by atoms with E-state index in [0.717, 1.165) is 22.4 Å². The van der Waals surface area contributed by atoms with Crippen LogP contribution in [0, 0.1) is 0 Å². The van der Waals surface area contributed by atoms with Crippen molar-refractivity contribution in [2.75, 3.05) is 0 Å². The van der Waals surface area contributed by atoms with Crippen LogP contribution in [-0.2, 0) is 22.0 Å². The lowest BCUT2D eigenvalue weighted by atomic mass is 9.76. The number of carboxylic acid groups (broad SMARTS) is 1. The summed E-state index contributed by atoms with van der Waals surface area (Å²) in [6.45, 7) is 21.1. The molecule has 0 fully saturated rings. The lowest BCUT2D eigenvalue weighted by molar-refractivity contribution is -0.152. The minimum Gasteiger partial charge on any atom is -0.544 e. The number of hydrogen-bond acceptors (Lipinski definition) is 3. The third-order valence-electron chi connectivity index (χ3n) is 4.61. The van der Waals surface area contributed by atoms with Crippen LogP contribution in [0.4, 0.5) is 0 Å². The highest BCUT2D eigenvalue weighted by atomic mass is 28.4. The minimum atomic E-state index is -1.87. The predicted molar refractivity (Wildman–Crippen MR) is 108 cm³/mol. The molecule has 1 aliphatic rings. The number of hydrogen-bond donors (Lipinski definition) is 1. The first kappa shape index (κ1) is 20.8. The molecule has 1 heterocycles. The molecule has 0 spiro atoms. The fourth-order valence-corrected chi connectivity index (χ4v) is 4.27. The van der Waals surface area contributed by atoms with E-state index in [1.54, 1.807) is 6.92 Å². The third kappa shape index (κ3) is 3.92. The zero-order valence-electron chi connectivity index (χ0n) is 18.0. The quantitative estimate of drug-likeness (QED) is 0.728. The van der Waals surface area contributed by atoms with E-state index < -0.39 is 19.9 Å². The lowest BCUT2D eigenvalue weighted by Gasteiger charge is -2.34. The van der Waals surface area contributed by atoms with Crippen molar-refractivity contribution in [3.8, 4) is 11.5 Å². The van der Waals surface area contributed by atoms with Gasteiger partial charge in [-0.25, -0.2) is 4.79 Å². The molecule has 1 aromatic carbocycles. The topological polar surface area (TPSA) is 55.8 Å². The molecular weight excluding hydrogens is 344 g/mol. The van der Waals surface area contributed by atoms with Crippen molar-refractivity contribution in [2.24, 2.45) is 0 Å². The Balaban J connectivity index is 2.86. The number of carbonyl (C=O) groups is 1. The van der Waals surface area contributed by atoms with E-state index in [4.69, 9.17) is 9.16 Å². The van der Waals surface area contributed by atoms with Gasteiger partial charge < -0.3 is 14.3 Å². The summed E-state index contributed by atoms with van der Waals surface area (Å²) in [5, 5.41) is 9.67. The van der Waals surface area contributed by atoms with Gasteiger partial charge in [0.05, 0.1) is 0 Å². The molecule has 5 heteroatoms. The highest BCUT2D eigenvalue weighted by Crippen LogP contribution is 2.50. The van der Waals surface area contributed by atoms with E-state index in [2.05, 4.69) is 61.2 Å². The van der Waals surface area contributed by atoms with E-state index in [-0.39, 0.29) is 10.8 Å². The Labute approximate surface area is 159 Å². The molecular formula is C21H34O4Si. The Bertz CT molecular complexity index is 732. The van der Waals surface area contributed by atoms with Crippen molar-refractivity contribution in [1.82, 2.24) is 0 Å². The molecule has 1 N–H and O–H groups in total. The van der Waals surface area contributed by atoms with Gasteiger partial charge in [0.15, 0.2) is 0 Å². The zero-order chi connectivity index (χ0) is 20.3. The van der Waals surface area contributed by atoms with Gasteiger partial charge >= 0.3 is 5.97 Å². The van der Waals surface area contributed by atoms with Crippen molar-refractivity contribution in [2.45, 2.75) is 91.0 Å². The molecule has 0 aromatic heterocycles. The van der Waals surface area contributed by atoms with Gasteiger partial charge in [0, 0.05) is 23.1 Å². The maximum absolute atomic E-state index is 11.8. The highest BCUT2D eigenvalue weighted by molar-refractivity contribution is 6.70. The first-order valence-corrected chi connectivity index (χ1v) is 12.7. The summed E-state index contributed by atoms with van der Waals surface area (Å²) in [5.41, 5.74) is 1.59. The average molecular weight is 379 g/mol. The summed E-state index contributed by atoms with van der Waals surface area (Å²) >= 11 is 0. The van der Waals surface area contributed by atoms with Crippen molar-refractivity contribution in [3.05, 3.63) is 22.8 Å². The standard InChI is InChI=1S/C21H34O4Si/c1-19(2,3)14-11-15-13(12-21(7,24-15)18(22)23)16(20(4,5)6)17(14)25-26(8,9)10/h11H,12H2,1-10H3,(H,22,23). The smallest absolute Gasteiger partial charge is 0.348 e. The van der Waals surface area contributed by atoms with Crippen molar-refractivity contribution >= 4 is 14.3 Å². The first-order valence-electron chi connectivity index (χ1n) is 9.28. The van der Waals surface area contributed by atoms with Crippen molar-refractivity contribution in [3.63, 3.8) is 0 Å². The molecule has 0 saturated heterocycles. The van der Waals surface area contributed by atoms with Crippen LogP contribution in [0.15, 0.2) is 6.07 Å². The fraction of sp³-hybridized carbons (Fsp3) is 0.667. The summed E-state index contributed by atoms with van der Waals surface area (Å²) in [6, 6.07) is 2.01. The Morgan fingerprint density at radius 1 is 1.15 bits per heavy atom. The van der Waals surface area contributed by atoms with E-state index in [0.29, 0.717) is 12.2 Å². The Morgan fingerprint density at radius 2 is 1.69 bits per heavy atom. The van der Waals surface area contributed by atoms with Crippen molar-refractivity contribution in [1.29, 1.82) is 0 Å². The second kappa shape index (κ2) is 6.01. The molecule has 4 nitrogen and oxygen atoms in total. The molecule has 1 atom stereocenters. The number of rotatable bonds is 3. The van der Waals surface area contributed by atoms with E-state index in [1.165, 1.54) is 0 Å². The van der Waals surface area contributed by atoms with Crippen LogP contribution >= 0.6 is 0 Å². The maximum atomic E-state index is 11.8. The van der Waals surface area contributed by atoms with Gasteiger partial charge in [0.2, 0.25) is 13.9 Å². The summed E-state index contributed by atoms with van der Waals surface area (Å²) < 4.78 is 12.6. The molecule has 0 aliphatic carbocycles. The van der Waals surface area contributed by atoms with E-state index >= 15 is 0 Å². The normalized spacial score (nSPS) is 20.5. The molecule has 146 valence electrons. The Morgan fingerprint density at radius 3 is 2.08 bits per heavy atom. The molecule has 0 amide bonds. The van der Waals surface area contributed by atoms with Gasteiger partial charge in [0.25, 0.3) is 0 Å². The van der Waals surface area contributed by atoms with Crippen LogP contribution < -0.4 is 9.16 Å². The van der Waals surface area contributed by atoms with Crippen LogP contribution in [0.3, 0.4) is 0 Å². The summed E-state index contributed by atoms with van der Waals surface area (Å²) in [4.78, 5) is 11.8. The molecule has 1 aromatic rings. The SMILES string of the molecule is CC1(C(=O)O)Cc2c(cc(C(C)(C)C)c(O[Si](C)(C)C)c2C(C)(C)C)O1. The van der Waals surface area contributed by atoms with Crippen molar-refractivity contribution < 1.29 is 19.1 Å². The molecule has 0 bridgehead atoms. The molecule has 0 radical (unpaired) electrons. The van der Waals surface area contributed by atoms with Gasteiger partial charge in [-0.3, -0.25) is 0 Å². The van der Waals surface area contributed by atoms with Crippen LogP contribution in [0.2, 0.25) is 19.6 Å². The number of carboxylic acids is 1. The molecule has 1 unspecified atom stereocenters. The number of ether oxygens (including phenoxy) is 1. The summed E-state index contributed by atoms with van der Waals surface area (Å²) in [5.74, 6) is 0.687.